The predicted molar refractivity (Wildman–Crippen MR) is 53.6 cm³/mol. The third-order valence-corrected chi connectivity index (χ3v) is 1.75. The molecule has 3 nitrogen and oxygen atoms in total. The minimum absolute atomic E-state index is 0.129. The molecule has 0 fully saturated rings. The highest BCUT2D eigenvalue weighted by Crippen LogP contribution is 2.09. The molecule has 0 bridgehead atoms. The fourth-order valence-corrected chi connectivity index (χ4v) is 1.10. The topological polar surface area (TPSA) is 38.3 Å². The molecule has 0 rings (SSSR count). The van der Waals surface area contributed by atoms with Gasteiger partial charge in [0.15, 0.2) is 0 Å². The van der Waals surface area contributed by atoms with Gasteiger partial charge >= 0.3 is 5.97 Å². The van der Waals surface area contributed by atoms with Crippen molar-refractivity contribution >= 4 is 5.97 Å². The first-order chi connectivity index (χ1) is 6.02. The van der Waals surface area contributed by atoms with Crippen LogP contribution in [-0.2, 0) is 9.53 Å². The predicted octanol–water partition coefficient (Wildman–Crippen LogP) is 1.72. The van der Waals surface area contributed by atoms with Crippen LogP contribution in [0.2, 0.25) is 0 Å². The van der Waals surface area contributed by atoms with Crippen LogP contribution in [0.15, 0.2) is 0 Å². The van der Waals surface area contributed by atoms with Crippen LogP contribution in [-0.4, -0.2) is 24.7 Å². The molecule has 0 spiro atoms. The maximum atomic E-state index is 11.2. The highest BCUT2D eigenvalue weighted by atomic mass is 16.5. The average Bonchev–Trinajstić information content (AvgIpc) is 2.00. The molecule has 0 aliphatic carbocycles. The molecule has 0 aliphatic heterocycles. The maximum absolute atomic E-state index is 11.2. The molecule has 0 heterocycles. The van der Waals surface area contributed by atoms with Gasteiger partial charge in [0.2, 0.25) is 0 Å². The Bertz CT molecular complexity index is 155. The highest BCUT2D eigenvalue weighted by molar-refractivity contribution is 5.70. The molecular weight excluding hydrogens is 166 g/mol. The van der Waals surface area contributed by atoms with Gasteiger partial charge < -0.3 is 10.1 Å². The molecule has 78 valence electrons. The molecule has 0 unspecified atom stereocenters. The van der Waals surface area contributed by atoms with E-state index in [9.17, 15) is 4.79 Å². The zero-order chi connectivity index (χ0) is 10.3. The molecule has 0 saturated heterocycles. The summed E-state index contributed by atoms with van der Waals surface area (Å²) in [7, 11) is 0. The summed E-state index contributed by atoms with van der Waals surface area (Å²) in [5.41, 5.74) is -0.151. The molecule has 0 aromatic heterocycles. The standard InChI is InChI=1S/C10H21NO2/c1-5-7-11-10(3,4)8-9(12)13-6-2/h11H,5-8H2,1-4H3. The van der Waals surface area contributed by atoms with Crippen LogP contribution >= 0.6 is 0 Å². The molecular formula is C10H21NO2. The van der Waals surface area contributed by atoms with E-state index in [0.29, 0.717) is 13.0 Å². The van der Waals surface area contributed by atoms with Crippen molar-refractivity contribution in [3.8, 4) is 0 Å². The molecule has 13 heavy (non-hydrogen) atoms. The van der Waals surface area contributed by atoms with Gasteiger partial charge in [0.25, 0.3) is 0 Å². The minimum atomic E-state index is -0.151. The van der Waals surface area contributed by atoms with Crippen molar-refractivity contribution in [1.29, 1.82) is 0 Å². The lowest BCUT2D eigenvalue weighted by atomic mass is 10.0. The number of ether oxygens (including phenoxy) is 1. The van der Waals surface area contributed by atoms with Gasteiger partial charge in [-0.2, -0.15) is 0 Å². The monoisotopic (exact) mass is 187 g/mol. The van der Waals surface area contributed by atoms with Gasteiger partial charge in [-0.05, 0) is 33.7 Å². The summed E-state index contributed by atoms with van der Waals surface area (Å²) in [6.07, 6.45) is 1.51. The van der Waals surface area contributed by atoms with E-state index in [-0.39, 0.29) is 11.5 Å². The van der Waals surface area contributed by atoms with E-state index < -0.39 is 0 Å². The van der Waals surface area contributed by atoms with Gasteiger partial charge in [-0.3, -0.25) is 4.79 Å². The van der Waals surface area contributed by atoms with Crippen molar-refractivity contribution in [2.24, 2.45) is 0 Å². The second kappa shape index (κ2) is 5.97. The molecule has 0 amide bonds. The zero-order valence-electron chi connectivity index (χ0n) is 9.14. The van der Waals surface area contributed by atoms with E-state index in [0.717, 1.165) is 13.0 Å². The van der Waals surface area contributed by atoms with Crippen molar-refractivity contribution in [2.75, 3.05) is 13.2 Å². The second-order valence-corrected chi connectivity index (χ2v) is 3.79. The summed E-state index contributed by atoms with van der Waals surface area (Å²) in [5.74, 6) is -0.129. The third-order valence-electron chi connectivity index (χ3n) is 1.75. The largest absolute Gasteiger partial charge is 0.466 e. The molecule has 3 heteroatoms. The van der Waals surface area contributed by atoms with Gasteiger partial charge in [-0.25, -0.2) is 0 Å². The van der Waals surface area contributed by atoms with Crippen molar-refractivity contribution < 1.29 is 9.53 Å². The third kappa shape index (κ3) is 6.58. The summed E-state index contributed by atoms with van der Waals surface area (Å²) < 4.78 is 4.88. The Morgan fingerprint density at radius 3 is 2.46 bits per heavy atom. The maximum Gasteiger partial charge on any atom is 0.307 e. The molecule has 0 atom stereocenters. The first kappa shape index (κ1) is 12.4. The summed E-state index contributed by atoms with van der Waals surface area (Å²) >= 11 is 0. The molecule has 0 aromatic carbocycles. The van der Waals surface area contributed by atoms with E-state index in [1.807, 2.05) is 20.8 Å². The van der Waals surface area contributed by atoms with E-state index in [1.54, 1.807) is 0 Å². The fourth-order valence-electron chi connectivity index (χ4n) is 1.10. The van der Waals surface area contributed by atoms with Crippen molar-refractivity contribution in [1.82, 2.24) is 5.32 Å². The van der Waals surface area contributed by atoms with Gasteiger partial charge in [-0.15, -0.1) is 0 Å². The molecule has 0 radical (unpaired) electrons. The van der Waals surface area contributed by atoms with Crippen molar-refractivity contribution in [3.63, 3.8) is 0 Å². The van der Waals surface area contributed by atoms with E-state index in [1.165, 1.54) is 0 Å². The van der Waals surface area contributed by atoms with E-state index >= 15 is 0 Å². The Morgan fingerprint density at radius 1 is 1.38 bits per heavy atom. The fraction of sp³-hybridized carbons (Fsp3) is 0.900. The Labute approximate surface area is 80.8 Å². The highest BCUT2D eigenvalue weighted by Gasteiger charge is 2.21. The summed E-state index contributed by atoms with van der Waals surface area (Å²) in [4.78, 5) is 11.2. The van der Waals surface area contributed by atoms with E-state index in [2.05, 4.69) is 12.2 Å². The number of rotatable bonds is 6. The quantitative estimate of drug-likeness (QED) is 0.643. The SMILES string of the molecule is CCCNC(C)(C)CC(=O)OCC. The summed E-state index contributed by atoms with van der Waals surface area (Å²) in [6, 6.07) is 0. The first-order valence-electron chi connectivity index (χ1n) is 4.92. The Hall–Kier alpha value is -0.570. The number of carbonyl (C=O) groups is 1. The number of nitrogens with one attached hydrogen (secondary N) is 1. The number of hydrogen-bond donors (Lipinski definition) is 1. The molecule has 1 N–H and O–H groups in total. The van der Waals surface area contributed by atoms with Crippen molar-refractivity contribution in [2.45, 2.75) is 46.1 Å². The van der Waals surface area contributed by atoms with Crippen LogP contribution in [0.5, 0.6) is 0 Å². The van der Waals surface area contributed by atoms with E-state index in [4.69, 9.17) is 4.74 Å². The lowest BCUT2D eigenvalue weighted by molar-refractivity contribution is -0.144. The van der Waals surface area contributed by atoms with Gasteiger partial charge in [0.1, 0.15) is 0 Å². The number of carbonyl (C=O) groups excluding carboxylic acids is 1. The summed E-state index contributed by atoms with van der Waals surface area (Å²) in [6.45, 7) is 9.35. The number of hydrogen-bond acceptors (Lipinski definition) is 3. The lowest BCUT2D eigenvalue weighted by Gasteiger charge is -2.24. The second-order valence-electron chi connectivity index (χ2n) is 3.79. The molecule has 0 saturated carbocycles. The lowest BCUT2D eigenvalue weighted by Crippen LogP contribution is -2.41. The smallest absolute Gasteiger partial charge is 0.307 e. The molecule has 0 aliphatic rings. The van der Waals surface area contributed by atoms with Crippen LogP contribution in [0, 0.1) is 0 Å². The summed E-state index contributed by atoms with van der Waals surface area (Å²) in [5, 5.41) is 3.30. The van der Waals surface area contributed by atoms with Crippen molar-refractivity contribution in [3.05, 3.63) is 0 Å². The average molecular weight is 187 g/mol. The zero-order valence-corrected chi connectivity index (χ0v) is 9.14. The Morgan fingerprint density at radius 2 is 2.00 bits per heavy atom. The van der Waals surface area contributed by atoms with Gasteiger partial charge in [-0.1, -0.05) is 6.92 Å². The first-order valence-corrected chi connectivity index (χ1v) is 4.92. The van der Waals surface area contributed by atoms with Gasteiger partial charge in [0, 0.05) is 5.54 Å². The van der Waals surface area contributed by atoms with Crippen LogP contribution in [0.3, 0.4) is 0 Å². The van der Waals surface area contributed by atoms with Crippen LogP contribution in [0.1, 0.15) is 40.5 Å². The minimum Gasteiger partial charge on any atom is -0.466 e. The Balaban J connectivity index is 3.79. The van der Waals surface area contributed by atoms with Crippen LogP contribution in [0.4, 0.5) is 0 Å². The molecule has 0 aromatic rings. The van der Waals surface area contributed by atoms with Crippen LogP contribution < -0.4 is 5.32 Å². The number of esters is 1. The Kier molecular flexibility index (Phi) is 5.71. The van der Waals surface area contributed by atoms with Crippen LogP contribution in [0.25, 0.3) is 0 Å². The normalized spacial score (nSPS) is 11.4. The van der Waals surface area contributed by atoms with Gasteiger partial charge in [0.05, 0.1) is 13.0 Å².